The van der Waals surface area contributed by atoms with Crippen LogP contribution in [0.25, 0.3) is 0 Å². The second-order valence-electron chi connectivity index (χ2n) is 1.77. The highest BCUT2D eigenvalue weighted by Crippen LogP contribution is 2.17. The topological polar surface area (TPSA) is 20.2 Å². The minimum absolute atomic E-state index is 0.244. The van der Waals surface area contributed by atoms with Crippen LogP contribution in [-0.2, 0) is 0 Å². The van der Waals surface area contributed by atoms with Gasteiger partial charge in [0.1, 0.15) is 0 Å². The van der Waals surface area contributed by atoms with Crippen molar-refractivity contribution in [1.29, 1.82) is 0 Å². The number of rotatable bonds is 0. The first-order chi connectivity index (χ1) is 3.79. The number of aliphatic hydroxyl groups excluding tert-OH is 1. The molecule has 1 rings (SSSR count). The summed E-state index contributed by atoms with van der Waals surface area (Å²) in [4.78, 5) is 0. The fourth-order valence-electron chi connectivity index (χ4n) is 0.624. The van der Waals surface area contributed by atoms with Crippen LogP contribution < -0.4 is 0 Å². The van der Waals surface area contributed by atoms with E-state index >= 15 is 0 Å². The lowest BCUT2D eigenvalue weighted by atomic mass is 10.1. The molecule has 0 aliphatic heterocycles. The first-order valence-electron chi connectivity index (χ1n) is 2.50. The minimum atomic E-state index is -0.244. The number of halogens is 1. The van der Waals surface area contributed by atoms with Crippen LogP contribution in [0.4, 0.5) is 0 Å². The Morgan fingerprint density at radius 1 is 1.75 bits per heavy atom. The third kappa shape index (κ3) is 1.59. The van der Waals surface area contributed by atoms with E-state index < -0.39 is 0 Å². The monoisotopic (exact) mass is 222 g/mol. The molecule has 1 unspecified atom stereocenters. The third-order valence-electron chi connectivity index (χ3n) is 1.01. The number of aliphatic hydroxyl groups is 1. The first kappa shape index (κ1) is 6.29. The third-order valence-corrected chi connectivity index (χ3v) is 1.81. The van der Waals surface area contributed by atoms with Crippen molar-refractivity contribution in [2.24, 2.45) is 0 Å². The van der Waals surface area contributed by atoms with E-state index in [1.165, 1.54) is 3.58 Å². The summed E-state index contributed by atoms with van der Waals surface area (Å²) in [6.45, 7) is 0. The van der Waals surface area contributed by atoms with Crippen LogP contribution in [0, 0.1) is 0 Å². The van der Waals surface area contributed by atoms with Crippen molar-refractivity contribution in [3.8, 4) is 0 Å². The fourth-order valence-corrected chi connectivity index (χ4v) is 1.28. The molecule has 0 spiro atoms. The highest BCUT2D eigenvalue weighted by Gasteiger charge is 2.03. The molecule has 0 radical (unpaired) electrons. The van der Waals surface area contributed by atoms with Gasteiger partial charge in [-0.1, -0.05) is 18.2 Å². The molecule has 1 nitrogen and oxygen atoms in total. The van der Waals surface area contributed by atoms with Gasteiger partial charge in [-0.05, 0) is 26.2 Å². The van der Waals surface area contributed by atoms with Crippen LogP contribution in [0.5, 0.6) is 0 Å². The molecule has 0 bridgehead atoms. The van der Waals surface area contributed by atoms with Crippen LogP contribution in [0.15, 0.2) is 21.8 Å². The Labute approximate surface area is 62.2 Å². The summed E-state index contributed by atoms with van der Waals surface area (Å²) in [7, 11) is 0. The predicted molar refractivity (Wildman–Crippen MR) is 41.9 cm³/mol. The molecule has 44 valence electrons. The molecule has 1 aliphatic rings. The average Bonchev–Trinajstić information content (AvgIpc) is 1.64. The molecule has 1 atom stereocenters. The molecule has 0 heterocycles. The molecule has 8 heavy (non-hydrogen) atoms. The summed E-state index contributed by atoms with van der Waals surface area (Å²) < 4.78 is 1.22. The lowest BCUT2D eigenvalue weighted by Crippen LogP contribution is -2.03. The van der Waals surface area contributed by atoms with Crippen molar-refractivity contribution in [2.75, 3.05) is 0 Å². The van der Waals surface area contributed by atoms with E-state index in [2.05, 4.69) is 22.6 Å². The second-order valence-corrected chi connectivity index (χ2v) is 3.16. The normalized spacial score (nSPS) is 27.8. The zero-order valence-corrected chi connectivity index (χ0v) is 6.50. The summed E-state index contributed by atoms with van der Waals surface area (Å²) in [5, 5.41) is 8.95. The maximum absolute atomic E-state index is 8.95. The van der Waals surface area contributed by atoms with Gasteiger partial charge in [0.25, 0.3) is 0 Å². The summed E-state index contributed by atoms with van der Waals surface area (Å²) in [5.74, 6) is 0. The van der Waals surface area contributed by atoms with E-state index in [4.69, 9.17) is 5.11 Å². The zero-order chi connectivity index (χ0) is 5.98. The standard InChI is InChI=1S/C6H7IO/c7-5-2-1-3-6(8)4-5/h1-3,6,8H,4H2. The van der Waals surface area contributed by atoms with Crippen LogP contribution >= 0.6 is 22.6 Å². The van der Waals surface area contributed by atoms with Gasteiger partial charge in [-0.2, -0.15) is 0 Å². The van der Waals surface area contributed by atoms with Gasteiger partial charge in [0.2, 0.25) is 0 Å². The van der Waals surface area contributed by atoms with Crippen molar-refractivity contribution < 1.29 is 5.11 Å². The van der Waals surface area contributed by atoms with Crippen LogP contribution in [0.3, 0.4) is 0 Å². The van der Waals surface area contributed by atoms with Crippen LogP contribution in [0.2, 0.25) is 0 Å². The van der Waals surface area contributed by atoms with E-state index in [0.29, 0.717) is 0 Å². The molecular formula is C6H7IO. The minimum Gasteiger partial charge on any atom is -0.389 e. The molecule has 0 aromatic carbocycles. The van der Waals surface area contributed by atoms with Gasteiger partial charge in [-0.3, -0.25) is 0 Å². The molecule has 0 saturated heterocycles. The molecule has 0 amide bonds. The molecule has 0 aromatic heterocycles. The largest absolute Gasteiger partial charge is 0.389 e. The summed E-state index contributed by atoms with van der Waals surface area (Å²) in [6.07, 6.45) is 6.23. The second kappa shape index (κ2) is 2.64. The number of hydrogen-bond donors (Lipinski definition) is 1. The van der Waals surface area contributed by atoms with Gasteiger partial charge < -0.3 is 5.11 Å². The Balaban J connectivity index is 2.59. The van der Waals surface area contributed by atoms with Gasteiger partial charge in [-0.25, -0.2) is 0 Å². The Hall–Kier alpha value is 0.170. The zero-order valence-electron chi connectivity index (χ0n) is 4.34. The van der Waals surface area contributed by atoms with Crippen molar-refractivity contribution in [1.82, 2.24) is 0 Å². The van der Waals surface area contributed by atoms with Gasteiger partial charge >= 0.3 is 0 Å². The maximum Gasteiger partial charge on any atom is 0.0768 e. The van der Waals surface area contributed by atoms with E-state index in [1.807, 2.05) is 12.2 Å². The van der Waals surface area contributed by atoms with E-state index in [9.17, 15) is 0 Å². The van der Waals surface area contributed by atoms with Crippen molar-refractivity contribution in [2.45, 2.75) is 12.5 Å². The van der Waals surface area contributed by atoms with E-state index in [1.54, 1.807) is 6.08 Å². The van der Waals surface area contributed by atoms with Gasteiger partial charge in [-0.15, -0.1) is 0 Å². The summed E-state index contributed by atoms with van der Waals surface area (Å²) in [6, 6.07) is 0. The SMILES string of the molecule is OC1C=CC=C(I)C1. The number of allylic oxidation sites excluding steroid dienone is 2. The molecule has 0 fully saturated rings. The molecular weight excluding hydrogens is 215 g/mol. The fraction of sp³-hybridized carbons (Fsp3) is 0.333. The van der Waals surface area contributed by atoms with Crippen molar-refractivity contribution in [3.63, 3.8) is 0 Å². The van der Waals surface area contributed by atoms with Crippen LogP contribution in [-0.4, -0.2) is 11.2 Å². The quantitative estimate of drug-likeness (QED) is 0.617. The molecule has 0 aromatic rings. The first-order valence-corrected chi connectivity index (χ1v) is 3.58. The molecule has 1 N–H and O–H groups in total. The maximum atomic E-state index is 8.95. The average molecular weight is 222 g/mol. The van der Waals surface area contributed by atoms with E-state index in [0.717, 1.165) is 6.42 Å². The molecule has 1 aliphatic carbocycles. The van der Waals surface area contributed by atoms with Gasteiger partial charge in [0.15, 0.2) is 0 Å². The Kier molecular flexibility index (Phi) is 2.08. The number of hydrogen-bond acceptors (Lipinski definition) is 1. The lowest BCUT2D eigenvalue weighted by Gasteiger charge is -2.06. The van der Waals surface area contributed by atoms with Crippen LogP contribution in [0.1, 0.15) is 6.42 Å². The van der Waals surface area contributed by atoms with Crippen molar-refractivity contribution in [3.05, 3.63) is 21.8 Å². The predicted octanol–water partition coefficient (Wildman–Crippen LogP) is 1.63. The molecule has 2 heteroatoms. The Morgan fingerprint density at radius 3 is 2.88 bits per heavy atom. The van der Waals surface area contributed by atoms with Crippen molar-refractivity contribution >= 4 is 22.6 Å². The Bertz CT molecular complexity index is 137. The molecule has 0 saturated carbocycles. The van der Waals surface area contributed by atoms with Gasteiger partial charge in [0.05, 0.1) is 6.10 Å². The lowest BCUT2D eigenvalue weighted by molar-refractivity contribution is 0.225. The Morgan fingerprint density at radius 2 is 2.50 bits per heavy atom. The smallest absolute Gasteiger partial charge is 0.0768 e. The summed E-state index contributed by atoms with van der Waals surface area (Å²) in [5.41, 5.74) is 0. The van der Waals surface area contributed by atoms with Gasteiger partial charge in [0, 0.05) is 6.42 Å². The highest BCUT2D eigenvalue weighted by atomic mass is 127. The van der Waals surface area contributed by atoms with E-state index in [-0.39, 0.29) is 6.10 Å². The summed E-state index contributed by atoms with van der Waals surface area (Å²) >= 11 is 2.22. The highest BCUT2D eigenvalue weighted by molar-refractivity contribution is 14.1.